The molecule has 1 saturated heterocycles. The van der Waals surface area contributed by atoms with Crippen LogP contribution in [0.3, 0.4) is 0 Å². The smallest absolute Gasteiger partial charge is 0.318 e. The van der Waals surface area contributed by atoms with Crippen molar-refractivity contribution in [1.82, 2.24) is 20.4 Å². The fourth-order valence-corrected chi connectivity index (χ4v) is 2.73. The number of aryl methyl sites for hydroxylation is 2. The molecule has 1 atom stereocenters. The highest BCUT2D eigenvalue weighted by molar-refractivity contribution is 5.74. The van der Waals surface area contributed by atoms with Crippen molar-refractivity contribution in [2.75, 3.05) is 19.7 Å². The summed E-state index contributed by atoms with van der Waals surface area (Å²) in [5.41, 5.74) is 1.29. The Morgan fingerprint density at radius 3 is 2.96 bits per heavy atom. The van der Waals surface area contributed by atoms with Gasteiger partial charge in [-0.3, -0.25) is 0 Å². The average Bonchev–Trinajstić information content (AvgIpc) is 3.04. The van der Waals surface area contributed by atoms with E-state index in [2.05, 4.69) is 27.6 Å². The van der Waals surface area contributed by atoms with E-state index in [9.17, 15) is 4.79 Å². The maximum absolute atomic E-state index is 12.3. The molecule has 3 rings (SSSR count). The second-order valence-electron chi connectivity index (χ2n) is 5.86. The van der Waals surface area contributed by atoms with Gasteiger partial charge in [0, 0.05) is 13.1 Å². The van der Waals surface area contributed by atoms with Crippen LogP contribution in [0.5, 0.6) is 0 Å². The first-order valence-corrected chi connectivity index (χ1v) is 8.18. The van der Waals surface area contributed by atoms with Gasteiger partial charge < -0.3 is 19.5 Å². The second kappa shape index (κ2) is 7.92. The van der Waals surface area contributed by atoms with Crippen molar-refractivity contribution in [2.24, 2.45) is 0 Å². The summed E-state index contributed by atoms with van der Waals surface area (Å²) in [7, 11) is 0. The molecule has 2 amide bonds. The monoisotopic (exact) mass is 330 g/mol. The molecule has 0 radical (unpaired) electrons. The molecule has 1 aliphatic rings. The topological polar surface area (TPSA) is 80.5 Å². The van der Waals surface area contributed by atoms with E-state index in [-0.39, 0.29) is 18.7 Å². The summed E-state index contributed by atoms with van der Waals surface area (Å²) in [5, 5.41) is 6.51. The zero-order chi connectivity index (χ0) is 16.8. The number of nitrogens with zero attached hydrogens (tertiary/aromatic N) is 3. The van der Waals surface area contributed by atoms with E-state index in [1.807, 2.05) is 18.2 Å². The summed E-state index contributed by atoms with van der Waals surface area (Å²) < 4.78 is 10.8. The SMILES string of the molecule is Cc1noc(CNC(=O)N2CCO[C@@H](CCc3ccccc3)C2)n1. The van der Waals surface area contributed by atoms with Gasteiger partial charge in [-0.25, -0.2) is 4.79 Å². The quantitative estimate of drug-likeness (QED) is 0.906. The Labute approximate surface area is 141 Å². The Hall–Kier alpha value is -2.41. The number of nitrogens with one attached hydrogen (secondary N) is 1. The lowest BCUT2D eigenvalue weighted by Gasteiger charge is -2.33. The third-order valence-electron chi connectivity index (χ3n) is 3.98. The molecule has 0 saturated carbocycles. The lowest BCUT2D eigenvalue weighted by molar-refractivity contribution is -0.0177. The Morgan fingerprint density at radius 1 is 1.38 bits per heavy atom. The number of ether oxygens (including phenoxy) is 1. The minimum Gasteiger partial charge on any atom is -0.375 e. The molecule has 1 N–H and O–H groups in total. The molecule has 0 spiro atoms. The number of urea groups is 1. The highest BCUT2D eigenvalue weighted by Gasteiger charge is 2.24. The molecule has 7 heteroatoms. The van der Waals surface area contributed by atoms with Crippen LogP contribution in [-0.4, -0.2) is 46.9 Å². The van der Waals surface area contributed by atoms with Gasteiger partial charge in [-0.1, -0.05) is 35.5 Å². The highest BCUT2D eigenvalue weighted by Crippen LogP contribution is 2.13. The molecule has 1 aromatic heterocycles. The van der Waals surface area contributed by atoms with E-state index in [0.29, 0.717) is 31.4 Å². The molecule has 128 valence electrons. The molecule has 0 aliphatic carbocycles. The van der Waals surface area contributed by atoms with Crippen molar-refractivity contribution in [3.05, 3.63) is 47.6 Å². The lowest BCUT2D eigenvalue weighted by Crippen LogP contribution is -2.49. The summed E-state index contributed by atoms with van der Waals surface area (Å²) >= 11 is 0. The standard InChI is InChI=1S/C17H22N4O3/c1-13-19-16(24-20-13)11-18-17(22)21-9-10-23-15(12-21)8-7-14-5-3-2-4-6-14/h2-6,15H,7-12H2,1H3,(H,18,22)/t15-/m0/s1. The Bertz CT molecular complexity index is 659. The number of carbonyl (C=O) groups excluding carboxylic acids is 1. The van der Waals surface area contributed by atoms with E-state index < -0.39 is 0 Å². The fourth-order valence-electron chi connectivity index (χ4n) is 2.73. The van der Waals surface area contributed by atoms with Gasteiger partial charge in [-0.15, -0.1) is 0 Å². The number of hydrogen-bond donors (Lipinski definition) is 1. The van der Waals surface area contributed by atoms with Gasteiger partial charge in [0.1, 0.15) is 0 Å². The van der Waals surface area contributed by atoms with E-state index in [4.69, 9.17) is 9.26 Å². The van der Waals surface area contributed by atoms with Gasteiger partial charge in [0.05, 0.1) is 19.3 Å². The number of rotatable bonds is 5. The Morgan fingerprint density at radius 2 is 2.21 bits per heavy atom. The molecule has 1 aromatic carbocycles. The summed E-state index contributed by atoms with van der Waals surface area (Å²) in [6.07, 6.45) is 1.91. The van der Waals surface area contributed by atoms with Crippen LogP contribution in [0.4, 0.5) is 4.79 Å². The van der Waals surface area contributed by atoms with Crippen molar-refractivity contribution in [3.63, 3.8) is 0 Å². The first-order valence-electron chi connectivity index (χ1n) is 8.18. The van der Waals surface area contributed by atoms with Crippen LogP contribution in [0, 0.1) is 6.92 Å². The van der Waals surface area contributed by atoms with Crippen LogP contribution in [0.1, 0.15) is 23.7 Å². The zero-order valence-electron chi connectivity index (χ0n) is 13.8. The van der Waals surface area contributed by atoms with E-state index in [0.717, 1.165) is 12.8 Å². The van der Waals surface area contributed by atoms with Crippen molar-refractivity contribution >= 4 is 6.03 Å². The number of aromatic nitrogens is 2. The highest BCUT2D eigenvalue weighted by atomic mass is 16.5. The predicted molar refractivity (Wildman–Crippen MR) is 87.3 cm³/mol. The first-order chi connectivity index (χ1) is 11.7. The number of carbonyl (C=O) groups is 1. The molecule has 2 heterocycles. The first kappa shape index (κ1) is 16.4. The Balaban J connectivity index is 1.45. The van der Waals surface area contributed by atoms with Crippen molar-refractivity contribution in [3.8, 4) is 0 Å². The van der Waals surface area contributed by atoms with E-state index in [1.54, 1.807) is 11.8 Å². The number of amides is 2. The summed E-state index contributed by atoms with van der Waals surface area (Å²) in [5.74, 6) is 0.973. The summed E-state index contributed by atoms with van der Waals surface area (Å²) in [6.45, 7) is 3.74. The van der Waals surface area contributed by atoms with E-state index >= 15 is 0 Å². The molecule has 7 nitrogen and oxygen atoms in total. The van der Waals surface area contributed by atoms with Gasteiger partial charge in [0.25, 0.3) is 0 Å². The fraction of sp³-hybridized carbons (Fsp3) is 0.471. The van der Waals surface area contributed by atoms with Crippen LogP contribution >= 0.6 is 0 Å². The molecular weight excluding hydrogens is 308 g/mol. The average molecular weight is 330 g/mol. The second-order valence-corrected chi connectivity index (χ2v) is 5.86. The van der Waals surface area contributed by atoms with Crippen LogP contribution in [0.15, 0.2) is 34.9 Å². The molecule has 1 aliphatic heterocycles. The lowest BCUT2D eigenvalue weighted by atomic mass is 10.1. The maximum atomic E-state index is 12.3. The van der Waals surface area contributed by atoms with Crippen molar-refractivity contribution < 1.29 is 14.1 Å². The van der Waals surface area contributed by atoms with Crippen LogP contribution in [0.25, 0.3) is 0 Å². The van der Waals surface area contributed by atoms with E-state index in [1.165, 1.54) is 5.56 Å². The molecule has 1 fully saturated rings. The molecule has 0 unspecified atom stereocenters. The minimum atomic E-state index is -0.126. The molecule has 24 heavy (non-hydrogen) atoms. The predicted octanol–water partition coefficient (Wildman–Crippen LogP) is 1.92. The minimum absolute atomic E-state index is 0.0651. The number of benzene rings is 1. The van der Waals surface area contributed by atoms with Gasteiger partial charge in [0.2, 0.25) is 5.89 Å². The van der Waals surface area contributed by atoms with Crippen molar-refractivity contribution in [2.45, 2.75) is 32.4 Å². The third kappa shape index (κ3) is 4.55. The Kier molecular flexibility index (Phi) is 5.43. The zero-order valence-corrected chi connectivity index (χ0v) is 13.8. The largest absolute Gasteiger partial charge is 0.375 e. The van der Waals surface area contributed by atoms with Gasteiger partial charge >= 0.3 is 6.03 Å². The van der Waals surface area contributed by atoms with Gasteiger partial charge in [0.15, 0.2) is 5.82 Å². The van der Waals surface area contributed by atoms with Gasteiger partial charge in [-0.2, -0.15) is 4.98 Å². The number of morpholine rings is 1. The normalized spacial score (nSPS) is 17.7. The van der Waals surface area contributed by atoms with Crippen LogP contribution < -0.4 is 5.32 Å². The maximum Gasteiger partial charge on any atom is 0.318 e. The van der Waals surface area contributed by atoms with Crippen LogP contribution in [0.2, 0.25) is 0 Å². The van der Waals surface area contributed by atoms with Gasteiger partial charge in [-0.05, 0) is 25.3 Å². The van der Waals surface area contributed by atoms with Crippen molar-refractivity contribution in [1.29, 1.82) is 0 Å². The number of hydrogen-bond acceptors (Lipinski definition) is 5. The third-order valence-corrected chi connectivity index (χ3v) is 3.98. The van der Waals surface area contributed by atoms with Crippen LogP contribution in [-0.2, 0) is 17.7 Å². The molecule has 0 bridgehead atoms. The summed E-state index contributed by atoms with van der Waals surface area (Å²) in [4.78, 5) is 18.1. The molecular formula is C17H22N4O3. The molecule has 2 aromatic rings. The summed E-state index contributed by atoms with van der Waals surface area (Å²) in [6, 6.07) is 10.2.